The summed E-state index contributed by atoms with van der Waals surface area (Å²) in [5.74, 6) is -0.326. The van der Waals surface area contributed by atoms with Gasteiger partial charge in [0.15, 0.2) is 0 Å². The minimum atomic E-state index is -2.88. The first-order chi connectivity index (χ1) is 12.9. The van der Waals surface area contributed by atoms with Gasteiger partial charge in [0.25, 0.3) is 5.91 Å². The monoisotopic (exact) mass is 376 g/mol. The minimum Gasteiger partial charge on any atom is -0.435 e. The summed E-state index contributed by atoms with van der Waals surface area (Å²) in [4.78, 5) is 26.3. The van der Waals surface area contributed by atoms with Crippen LogP contribution in [0.2, 0.25) is 0 Å². The summed E-state index contributed by atoms with van der Waals surface area (Å²) in [6, 6.07) is 12.6. The number of carbonyl (C=O) groups excluding carboxylic acids is 2. The zero-order valence-corrected chi connectivity index (χ0v) is 15.2. The molecule has 0 fully saturated rings. The van der Waals surface area contributed by atoms with Crippen LogP contribution < -0.4 is 10.1 Å². The van der Waals surface area contributed by atoms with Crippen LogP contribution in [0.3, 0.4) is 0 Å². The van der Waals surface area contributed by atoms with Crippen LogP contribution in [0.25, 0.3) is 0 Å². The van der Waals surface area contributed by atoms with Gasteiger partial charge in [-0.05, 0) is 49.7 Å². The molecule has 0 unspecified atom stereocenters. The zero-order chi connectivity index (χ0) is 19.8. The summed E-state index contributed by atoms with van der Waals surface area (Å²) in [6.45, 7) is 2.15. The number of hydrogen-bond donors (Lipinski definition) is 1. The molecule has 0 radical (unpaired) electrons. The molecule has 1 N–H and O–H groups in total. The van der Waals surface area contributed by atoms with Crippen LogP contribution in [-0.4, -0.2) is 36.4 Å². The van der Waals surface area contributed by atoms with Crippen molar-refractivity contribution in [2.75, 3.05) is 18.4 Å². The molecule has 7 heteroatoms. The number of ether oxygens (including phenoxy) is 1. The van der Waals surface area contributed by atoms with Crippen LogP contribution in [0.15, 0.2) is 48.5 Å². The molecule has 0 atom stereocenters. The second kappa shape index (κ2) is 9.66. The van der Waals surface area contributed by atoms with E-state index in [9.17, 15) is 18.4 Å². The van der Waals surface area contributed by atoms with Crippen LogP contribution >= 0.6 is 0 Å². The predicted molar refractivity (Wildman–Crippen MR) is 99.1 cm³/mol. The van der Waals surface area contributed by atoms with Crippen LogP contribution in [0.1, 0.15) is 29.8 Å². The van der Waals surface area contributed by atoms with Crippen molar-refractivity contribution >= 4 is 17.5 Å². The molecular formula is C20H22F2N2O3. The summed E-state index contributed by atoms with van der Waals surface area (Å²) >= 11 is 0. The molecule has 5 nitrogen and oxygen atoms in total. The SMILES string of the molecule is CCN(CC)C(=O)c1cccc(NC(=O)Cc2ccc(OC(F)F)cc2)c1. The van der Waals surface area contributed by atoms with Crippen molar-refractivity contribution in [3.8, 4) is 5.75 Å². The molecule has 0 saturated heterocycles. The van der Waals surface area contributed by atoms with Gasteiger partial charge in [0.2, 0.25) is 5.91 Å². The molecule has 2 aromatic carbocycles. The lowest BCUT2D eigenvalue weighted by Crippen LogP contribution is -2.30. The summed E-state index contributed by atoms with van der Waals surface area (Å²) in [7, 11) is 0. The van der Waals surface area contributed by atoms with Gasteiger partial charge in [-0.25, -0.2) is 0 Å². The summed E-state index contributed by atoms with van der Waals surface area (Å²) in [5.41, 5.74) is 1.69. The molecule has 0 saturated carbocycles. The topological polar surface area (TPSA) is 58.6 Å². The maximum atomic E-state index is 12.4. The fourth-order valence-electron chi connectivity index (χ4n) is 2.60. The molecule has 0 aliphatic rings. The van der Waals surface area contributed by atoms with Crippen LogP contribution in [-0.2, 0) is 11.2 Å². The first kappa shape index (κ1) is 20.4. The van der Waals surface area contributed by atoms with E-state index in [0.717, 1.165) is 0 Å². The molecule has 27 heavy (non-hydrogen) atoms. The molecular weight excluding hydrogens is 354 g/mol. The fourth-order valence-corrected chi connectivity index (χ4v) is 2.60. The summed E-state index contributed by atoms with van der Waals surface area (Å²) < 4.78 is 28.6. The quantitative estimate of drug-likeness (QED) is 0.759. The van der Waals surface area contributed by atoms with E-state index in [1.54, 1.807) is 41.3 Å². The fraction of sp³-hybridized carbons (Fsp3) is 0.300. The van der Waals surface area contributed by atoms with E-state index in [4.69, 9.17) is 0 Å². The normalized spacial score (nSPS) is 10.6. The van der Waals surface area contributed by atoms with Gasteiger partial charge in [-0.3, -0.25) is 9.59 Å². The van der Waals surface area contributed by atoms with E-state index in [2.05, 4.69) is 10.1 Å². The lowest BCUT2D eigenvalue weighted by Gasteiger charge is -2.19. The smallest absolute Gasteiger partial charge is 0.387 e. The Morgan fingerprint density at radius 2 is 1.74 bits per heavy atom. The first-order valence-corrected chi connectivity index (χ1v) is 8.65. The highest BCUT2D eigenvalue weighted by molar-refractivity contribution is 5.97. The van der Waals surface area contributed by atoms with E-state index < -0.39 is 6.61 Å². The Bertz CT molecular complexity index is 775. The van der Waals surface area contributed by atoms with Crippen molar-refractivity contribution in [1.82, 2.24) is 4.90 Å². The number of hydrogen-bond acceptors (Lipinski definition) is 3. The third-order valence-electron chi connectivity index (χ3n) is 3.96. The van der Waals surface area contributed by atoms with Gasteiger partial charge in [0.1, 0.15) is 5.75 Å². The van der Waals surface area contributed by atoms with Crippen molar-refractivity contribution < 1.29 is 23.1 Å². The number of carbonyl (C=O) groups is 2. The maximum Gasteiger partial charge on any atom is 0.387 e. The lowest BCUT2D eigenvalue weighted by atomic mass is 10.1. The van der Waals surface area contributed by atoms with E-state index >= 15 is 0 Å². The number of anilines is 1. The van der Waals surface area contributed by atoms with Gasteiger partial charge in [-0.1, -0.05) is 18.2 Å². The Hall–Kier alpha value is -2.96. The third kappa shape index (κ3) is 6.06. The molecule has 0 spiro atoms. The van der Waals surface area contributed by atoms with E-state index in [-0.39, 0.29) is 24.0 Å². The number of rotatable bonds is 8. The van der Waals surface area contributed by atoms with Crippen molar-refractivity contribution in [2.45, 2.75) is 26.9 Å². The van der Waals surface area contributed by atoms with Gasteiger partial charge in [0.05, 0.1) is 6.42 Å². The molecule has 0 heterocycles. The van der Waals surface area contributed by atoms with Crippen LogP contribution in [0.5, 0.6) is 5.75 Å². The molecule has 0 aliphatic heterocycles. The third-order valence-corrected chi connectivity index (χ3v) is 3.96. The van der Waals surface area contributed by atoms with Gasteiger partial charge >= 0.3 is 6.61 Å². The minimum absolute atomic E-state index is 0.0387. The number of alkyl halides is 2. The standard InChI is InChI=1S/C20H22F2N2O3/c1-3-24(4-2)19(26)15-6-5-7-16(13-15)23-18(25)12-14-8-10-17(11-9-14)27-20(21)22/h5-11,13,20H,3-4,12H2,1-2H3,(H,23,25). The average Bonchev–Trinajstić information content (AvgIpc) is 2.64. The highest BCUT2D eigenvalue weighted by atomic mass is 19.3. The van der Waals surface area contributed by atoms with E-state index in [1.165, 1.54) is 12.1 Å². The number of nitrogens with zero attached hydrogens (tertiary/aromatic N) is 1. The molecule has 0 bridgehead atoms. The predicted octanol–water partition coefficient (Wildman–Crippen LogP) is 3.95. The van der Waals surface area contributed by atoms with E-state index in [1.807, 2.05) is 13.8 Å². The molecule has 0 aromatic heterocycles. The Morgan fingerprint density at radius 3 is 2.33 bits per heavy atom. The molecule has 2 aromatic rings. The largest absolute Gasteiger partial charge is 0.435 e. The van der Waals surface area contributed by atoms with Crippen molar-refractivity contribution in [3.63, 3.8) is 0 Å². The Balaban J connectivity index is 1.99. The highest BCUT2D eigenvalue weighted by Crippen LogP contribution is 2.17. The van der Waals surface area contributed by atoms with Gasteiger partial charge in [-0.15, -0.1) is 0 Å². The zero-order valence-electron chi connectivity index (χ0n) is 15.2. The summed E-state index contributed by atoms with van der Waals surface area (Å²) in [5, 5.41) is 2.75. The number of nitrogens with one attached hydrogen (secondary N) is 1. The maximum absolute atomic E-state index is 12.4. The van der Waals surface area contributed by atoms with Gasteiger partial charge in [0, 0.05) is 24.3 Å². The first-order valence-electron chi connectivity index (χ1n) is 8.65. The molecule has 2 rings (SSSR count). The molecule has 0 aliphatic carbocycles. The lowest BCUT2D eigenvalue weighted by molar-refractivity contribution is -0.115. The Morgan fingerprint density at radius 1 is 1.07 bits per heavy atom. The van der Waals surface area contributed by atoms with Crippen molar-refractivity contribution in [3.05, 3.63) is 59.7 Å². The average molecular weight is 376 g/mol. The molecule has 144 valence electrons. The van der Waals surface area contributed by atoms with Crippen molar-refractivity contribution in [1.29, 1.82) is 0 Å². The number of amides is 2. The second-order valence-corrected chi connectivity index (χ2v) is 5.81. The van der Waals surface area contributed by atoms with Crippen LogP contribution in [0.4, 0.5) is 14.5 Å². The number of halogens is 2. The molecule has 2 amide bonds. The van der Waals surface area contributed by atoms with E-state index in [0.29, 0.717) is 29.9 Å². The highest BCUT2D eigenvalue weighted by Gasteiger charge is 2.13. The van der Waals surface area contributed by atoms with Crippen LogP contribution in [0, 0.1) is 0 Å². The van der Waals surface area contributed by atoms with Gasteiger partial charge < -0.3 is 15.0 Å². The Labute approximate surface area is 156 Å². The van der Waals surface area contributed by atoms with Gasteiger partial charge in [-0.2, -0.15) is 8.78 Å². The Kier molecular flexibility index (Phi) is 7.28. The number of benzene rings is 2. The summed E-state index contributed by atoms with van der Waals surface area (Å²) in [6.07, 6.45) is 0.0726. The second-order valence-electron chi connectivity index (χ2n) is 5.81. The van der Waals surface area contributed by atoms with Crippen molar-refractivity contribution in [2.24, 2.45) is 0 Å².